The zero-order valence-corrected chi connectivity index (χ0v) is 16.8. The van der Waals surface area contributed by atoms with Crippen LogP contribution in [0.3, 0.4) is 0 Å². The van der Waals surface area contributed by atoms with Crippen molar-refractivity contribution >= 4 is 34.5 Å². The second-order valence-corrected chi connectivity index (χ2v) is 6.77. The lowest BCUT2D eigenvalue weighted by Gasteiger charge is -2.15. The second-order valence-electron chi connectivity index (χ2n) is 6.33. The molecule has 0 aliphatic carbocycles. The van der Waals surface area contributed by atoms with Crippen molar-refractivity contribution in [2.75, 3.05) is 18.5 Å². The van der Waals surface area contributed by atoms with Crippen LogP contribution in [0.5, 0.6) is 5.75 Å². The Morgan fingerprint density at radius 2 is 2.07 bits per heavy atom. The molecule has 0 spiro atoms. The van der Waals surface area contributed by atoms with E-state index in [4.69, 9.17) is 21.1 Å². The normalized spacial score (nSPS) is 12.1. The predicted molar refractivity (Wildman–Crippen MR) is 111 cm³/mol. The molecule has 0 saturated heterocycles. The van der Waals surface area contributed by atoms with Crippen LogP contribution in [0.2, 0.25) is 5.02 Å². The molecule has 7 heteroatoms. The molecule has 0 fully saturated rings. The number of aromatic nitrogens is 2. The zero-order chi connectivity index (χ0) is 19.9. The van der Waals surface area contributed by atoms with Gasteiger partial charge in [0.15, 0.2) is 6.10 Å². The number of carbonyl (C=O) groups excluding carboxylic acids is 1. The molecule has 0 saturated carbocycles. The van der Waals surface area contributed by atoms with Crippen molar-refractivity contribution in [1.82, 2.24) is 9.55 Å². The SMILES string of the molecule is CCOCCCn1c(NC(=O)C(C)Oc2cccc(Cl)c2)nc2ccccc21. The van der Waals surface area contributed by atoms with Crippen molar-refractivity contribution in [2.24, 2.45) is 0 Å². The summed E-state index contributed by atoms with van der Waals surface area (Å²) >= 11 is 5.97. The number of hydrogen-bond acceptors (Lipinski definition) is 4. The number of hydrogen-bond donors (Lipinski definition) is 1. The fourth-order valence-electron chi connectivity index (χ4n) is 2.88. The third kappa shape index (κ3) is 5.03. The number of anilines is 1. The number of imidazole rings is 1. The fourth-order valence-corrected chi connectivity index (χ4v) is 3.06. The summed E-state index contributed by atoms with van der Waals surface area (Å²) in [7, 11) is 0. The lowest BCUT2D eigenvalue weighted by Crippen LogP contribution is -2.31. The topological polar surface area (TPSA) is 65.4 Å². The van der Waals surface area contributed by atoms with Gasteiger partial charge in [0, 0.05) is 24.8 Å². The van der Waals surface area contributed by atoms with Crippen LogP contribution >= 0.6 is 11.6 Å². The molecule has 0 bridgehead atoms. The highest BCUT2D eigenvalue weighted by molar-refractivity contribution is 6.30. The predicted octanol–water partition coefficient (Wildman–Crippen LogP) is 4.52. The molecular formula is C21H24ClN3O3. The summed E-state index contributed by atoms with van der Waals surface area (Å²) < 4.78 is 13.1. The fraction of sp³-hybridized carbons (Fsp3) is 0.333. The Labute approximate surface area is 169 Å². The Balaban J connectivity index is 1.73. The Kier molecular flexibility index (Phi) is 6.90. The highest BCUT2D eigenvalue weighted by Gasteiger charge is 2.19. The molecule has 148 valence electrons. The van der Waals surface area contributed by atoms with E-state index in [2.05, 4.69) is 10.3 Å². The van der Waals surface area contributed by atoms with Crippen molar-refractivity contribution in [2.45, 2.75) is 32.9 Å². The van der Waals surface area contributed by atoms with Gasteiger partial charge in [-0.1, -0.05) is 29.8 Å². The van der Waals surface area contributed by atoms with Crippen molar-refractivity contribution in [3.63, 3.8) is 0 Å². The Morgan fingerprint density at radius 1 is 1.25 bits per heavy atom. The molecule has 1 unspecified atom stereocenters. The highest BCUT2D eigenvalue weighted by atomic mass is 35.5. The first-order chi connectivity index (χ1) is 13.6. The van der Waals surface area contributed by atoms with Crippen molar-refractivity contribution in [3.8, 4) is 5.75 Å². The molecule has 28 heavy (non-hydrogen) atoms. The Morgan fingerprint density at radius 3 is 2.86 bits per heavy atom. The quantitative estimate of drug-likeness (QED) is 0.535. The summed E-state index contributed by atoms with van der Waals surface area (Å²) in [5.74, 6) is 0.769. The van der Waals surface area contributed by atoms with Gasteiger partial charge in [-0.15, -0.1) is 0 Å². The Hall–Kier alpha value is -2.57. The molecule has 3 rings (SSSR count). The number of fused-ring (bicyclic) bond motifs is 1. The average Bonchev–Trinajstić information content (AvgIpc) is 3.02. The Bertz CT molecular complexity index is 942. The monoisotopic (exact) mass is 401 g/mol. The van der Waals surface area contributed by atoms with Gasteiger partial charge in [0.2, 0.25) is 5.95 Å². The average molecular weight is 402 g/mol. The highest BCUT2D eigenvalue weighted by Crippen LogP contribution is 2.22. The van der Waals surface area contributed by atoms with Gasteiger partial charge in [0.1, 0.15) is 5.75 Å². The maximum Gasteiger partial charge on any atom is 0.267 e. The lowest BCUT2D eigenvalue weighted by molar-refractivity contribution is -0.122. The van der Waals surface area contributed by atoms with E-state index >= 15 is 0 Å². The number of nitrogens with zero attached hydrogens (tertiary/aromatic N) is 2. The summed E-state index contributed by atoms with van der Waals surface area (Å²) in [6.45, 7) is 5.70. The maximum absolute atomic E-state index is 12.7. The van der Waals surface area contributed by atoms with E-state index in [9.17, 15) is 4.79 Å². The number of para-hydroxylation sites is 2. The van der Waals surface area contributed by atoms with Gasteiger partial charge in [-0.25, -0.2) is 4.98 Å². The van der Waals surface area contributed by atoms with E-state index in [1.165, 1.54) is 0 Å². The number of benzene rings is 2. The summed E-state index contributed by atoms with van der Waals surface area (Å²) in [4.78, 5) is 17.2. The summed E-state index contributed by atoms with van der Waals surface area (Å²) in [6.07, 6.45) is 0.126. The first-order valence-electron chi connectivity index (χ1n) is 9.34. The van der Waals surface area contributed by atoms with E-state index in [-0.39, 0.29) is 5.91 Å². The van der Waals surface area contributed by atoms with Crippen LogP contribution in [0.1, 0.15) is 20.3 Å². The molecule has 2 aromatic carbocycles. The number of nitrogens with one attached hydrogen (secondary N) is 1. The van der Waals surface area contributed by atoms with Gasteiger partial charge in [0.05, 0.1) is 11.0 Å². The van der Waals surface area contributed by atoms with Gasteiger partial charge in [-0.05, 0) is 50.6 Å². The molecular weight excluding hydrogens is 378 g/mol. The van der Waals surface area contributed by atoms with Crippen molar-refractivity contribution < 1.29 is 14.3 Å². The summed E-state index contributed by atoms with van der Waals surface area (Å²) in [6, 6.07) is 14.8. The van der Waals surface area contributed by atoms with E-state index in [1.807, 2.05) is 35.8 Å². The minimum absolute atomic E-state index is 0.277. The van der Waals surface area contributed by atoms with Crippen LogP contribution in [0.25, 0.3) is 11.0 Å². The third-order valence-electron chi connectivity index (χ3n) is 4.24. The molecule has 1 aromatic heterocycles. The maximum atomic E-state index is 12.7. The van der Waals surface area contributed by atoms with Crippen LogP contribution in [0.4, 0.5) is 5.95 Å². The number of ether oxygens (including phenoxy) is 2. The zero-order valence-electron chi connectivity index (χ0n) is 16.0. The van der Waals surface area contributed by atoms with Crippen LogP contribution in [-0.4, -0.2) is 34.8 Å². The molecule has 0 aliphatic rings. The smallest absolute Gasteiger partial charge is 0.267 e. The molecule has 1 N–H and O–H groups in total. The molecule has 6 nitrogen and oxygen atoms in total. The van der Waals surface area contributed by atoms with E-state index in [0.717, 1.165) is 17.5 Å². The minimum Gasteiger partial charge on any atom is -0.481 e. The van der Waals surface area contributed by atoms with Crippen molar-refractivity contribution in [1.29, 1.82) is 0 Å². The van der Waals surface area contributed by atoms with Crippen LogP contribution < -0.4 is 10.1 Å². The first-order valence-corrected chi connectivity index (χ1v) is 9.72. The number of carbonyl (C=O) groups is 1. The number of amides is 1. The van der Waals surface area contributed by atoms with E-state index < -0.39 is 6.10 Å². The van der Waals surface area contributed by atoms with Crippen LogP contribution in [-0.2, 0) is 16.1 Å². The minimum atomic E-state index is -0.699. The number of rotatable bonds is 9. The van der Waals surface area contributed by atoms with Crippen molar-refractivity contribution in [3.05, 3.63) is 53.6 Å². The molecule has 1 heterocycles. The third-order valence-corrected chi connectivity index (χ3v) is 4.48. The van der Waals surface area contributed by atoms with Crippen LogP contribution in [0.15, 0.2) is 48.5 Å². The standard InChI is InChI=1S/C21H24ClN3O3/c1-3-27-13-7-12-25-19-11-5-4-10-18(19)23-21(25)24-20(26)15(2)28-17-9-6-8-16(22)14-17/h4-6,8-11,14-15H,3,7,12-13H2,1-2H3,(H,23,24,26). The second kappa shape index (κ2) is 9.57. The van der Waals surface area contributed by atoms with Gasteiger partial charge < -0.3 is 14.0 Å². The van der Waals surface area contributed by atoms with Crippen LogP contribution in [0, 0.1) is 0 Å². The molecule has 3 aromatic rings. The summed E-state index contributed by atoms with van der Waals surface area (Å²) in [5.41, 5.74) is 1.80. The first kappa shape index (κ1) is 20.2. The van der Waals surface area contributed by atoms with Gasteiger partial charge >= 0.3 is 0 Å². The molecule has 1 atom stereocenters. The number of halogens is 1. The van der Waals surface area contributed by atoms with E-state index in [0.29, 0.717) is 36.5 Å². The molecule has 0 radical (unpaired) electrons. The lowest BCUT2D eigenvalue weighted by atomic mass is 10.3. The van der Waals surface area contributed by atoms with Gasteiger partial charge in [-0.3, -0.25) is 10.1 Å². The molecule has 0 aliphatic heterocycles. The number of aryl methyl sites for hydroxylation is 1. The largest absolute Gasteiger partial charge is 0.481 e. The van der Waals surface area contributed by atoms with Gasteiger partial charge in [-0.2, -0.15) is 0 Å². The van der Waals surface area contributed by atoms with Gasteiger partial charge in [0.25, 0.3) is 5.91 Å². The summed E-state index contributed by atoms with van der Waals surface area (Å²) in [5, 5.41) is 3.45. The molecule has 1 amide bonds. The van der Waals surface area contributed by atoms with E-state index in [1.54, 1.807) is 31.2 Å².